The van der Waals surface area contributed by atoms with Crippen molar-refractivity contribution >= 4 is 5.69 Å². The summed E-state index contributed by atoms with van der Waals surface area (Å²) in [5.74, 6) is 0. The van der Waals surface area contributed by atoms with Crippen LogP contribution in [-0.4, -0.2) is 32.8 Å². The van der Waals surface area contributed by atoms with Gasteiger partial charge < -0.3 is 9.64 Å². The summed E-state index contributed by atoms with van der Waals surface area (Å²) in [4.78, 5) is 5.11. The van der Waals surface area contributed by atoms with E-state index < -0.39 is 0 Å². The summed E-state index contributed by atoms with van der Waals surface area (Å²) in [5, 5.41) is 3.54. The Balaban J connectivity index is 1.79. The van der Waals surface area contributed by atoms with Gasteiger partial charge in [0.1, 0.15) is 0 Å². The molecular formula is C14H20N4O. The van der Waals surface area contributed by atoms with E-state index in [0.29, 0.717) is 6.54 Å². The van der Waals surface area contributed by atoms with Crippen LogP contribution in [0.15, 0.2) is 29.4 Å². The molecule has 1 aliphatic rings. The minimum absolute atomic E-state index is 0.600. The summed E-state index contributed by atoms with van der Waals surface area (Å²) in [6, 6.07) is 8.76. The first-order valence-electron chi connectivity index (χ1n) is 6.82. The maximum Gasteiger partial charge on any atom is 0.0642 e. The van der Waals surface area contributed by atoms with Crippen molar-refractivity contribution in [2.24, 2.45) is 5.11 Å². The molecule has 5 nitrogen and oxygen atoms in total. The van der Waals surface area contributed by atoms with Gasteiger partial charge in [0.15, 0.2) is 0 Å². The number of hydrogen-bond donors (Lipinski definition) is 0. The lowest BCUT2D eigenvalue weighted by Crippen LogP contribution is -2.36. The van der Waals surface area contributed by atoms with E-state index in [0.717, 1.165) is 45.6 Å². The summed E-state index contributed by atoms with van der Waals surface area (Å²) >= 11 is 0. The van der Waals surface area contributed by atoms with E-state index >= 15 is 0 Å². The third-order valence-electron chi connectivity index (χ3n) is 3.35. The molecule has 0 aromatic heterocycles. The number of anilines is 1. The van der Waals surface area contributed by atoms with E-state index in [-0.39, 0.29) is 0 Å². The fourth-order valence-electron chi connectivity index (χ4n) is 2.25. The summed E-state index contributed by atoms with van der Waals surface area (Å²) in [7, 11) is 0. The molecule has 0 spiro atoms. The topological polar surface area (TPSA) is 61.2 Å². The Morgan fingerprint density at radius 1 is 1.16 bits per heavy atom. The molecule has 1 aromatic rings. The zero-order chi connectivity index (χ0) is 13.3. The molecule has 2 rings (SSSR count). The zero-order valence-corrected chi connectivity index (χ0v) is 11.2. The Morgan fingerprint density at radius 2 is 1.89 bits per heavy atom. The molecule has 0 aliphatic carbocycles. The molecule has 1 heterocycles. The number of nitrogens with zero attached hydrogens (tertiary/aromatic N) is 4. The molecule has 0 radical (unpaired) electrons. The number of morpholine rings is 1. The first-order chi connectivity index (χ1) is 9.40. The maximum atomic E-state index is 8.18. The van der Waals surface area contributed by atoms with E-state index in [1.54, 1.807) is 0 Å². The van der Waals surface area contributed by atoms with Crippen molar-refractivity contribution in [3.05, 3.63) is 40.3 Å². The lowest BCUT2D eigenvalue weighted by Gasteiger charge is -2.28. The monoisotopic (exact) mass is 260 g/mol. The van der Waals surface area contributed by atoms with Gasteiger partial charge in [-0.15, -0.1) is 0 Å². The number of rotatable bonds is 6. The van der Waals surface area contributed by atoms with Crippen LogP contribution in [0.25, 0.3) is 10.4 Å². The summed E-state index contributed by atoms with van der Waals surface area (Å²) in [6.07, 6.45) is 3.07. The number of aryl methyl sites for hydroxylation is 1. The van der Waals surface area contributed by atoms with Crippen LogP contribution in [0.4, 0.5) is 5.69 Å². The number of benzene rings is 1. The van der Waals surface area contributed by atoms with E-state index in [9.17, 15) is 0 Å². The van der Waals surface area contributed by atoms with Gasteiger partial charge in [-0.3, -0.25) is 0 Å². The summed E-state index contributed by atoms with van der Waals surface area (Å²) < 4.78 is 5.35. The second-order valence-electron chi connectivity index (χ2n) is 4.68. The highest BCUT2D eigenvalue weighted by molar-refractivity contribution is 5.47. The first kappa shape index (κ1) is 13.7. The van der Waals surface area contributed by atoms with Crippen molar-refractivity contribution in [2.45, 2.75) is 19.3 Å². The highest BCUT2D eigenvalue weighted by atomic mass is 16.5. The van der Waals surface area contributed by atoms with Gasteiger partial charge in [-0.2, -0.15) is 0 Å². The van der Waals surface area contributed by atoms with Gasteiger partial charge in [-0.05, 0) is 42.5 Å². The van der Waals surface area contributed by atoms with Crippen LogP contribution in [0.1, 0.15) is 18.4 Å². The number of unbranched alkanes of at least 4 members (excludes halogenated alkanes) is 1. The van der Waals surface area contributed by atoms with Crippen LogP contribution in [0.3, 0.4) is 0 Å². The Hall–Kier alpha value is -1.71. The summed E-state index contributed by atoms with van der Waals surface area (Å²) in [5.41, 5.74) is 10.8. The normalized spacial score (nSPS) is 15.1. The van der Waals surface area contributed by atoms with Gasteiger partial charge in [-0.25, -0.2) is 0 Å². The first-order valence-corrected chi connectivity index (χ1v) is 6.82. The number of azide groups is 1. The molecule has 1 saturated heterocycles. The molecule has 102 valence electrons. The van der Waals surface area contributed by atoms with Gasteiger partial charge in [0.2, 0.25) is 0 Å². The van der Waals surface area contributed by atoms with Crippen LogP contribution in [0.2, 0.25) is 0 Å². The van der Waals surface area contributed by atoms with Gasteiger partial charge >= 0.3 is 0 Å². The molecule has 1 aliphatic heterocycles. The van der Waals surface area contributed by atoms with E-state index in [4.69, 9.17) is 10.3 Å². The molecule has 1 fully saturated rings. The van der Waals surface area contributed by atoms with Crippen LogP contribution >= 0.6 is 0 Å². The molecule has 19 heavy (non-hydrogen) atoms. The van der Waals surface area contributed by atoms with E-state index in [2.05, 4.69) is 39.2 Å². The zero-order valence-electron chi connectivity index (χ0n) is 11.2. The van der Waals surface area contributed by atoms with Crippen molar-refractivity contribution < 1.29 is 4.74 Å². The maximum absolute atomic E-state index is 8.18. The fraction of sp³-hybridized carbons (Fsp3) is 0.571. The molecule has 5 heteroatoms. The lowest BCUT2D eigenvalue weighted by molar-refractivity contribution is 0.122. The molecule has 0 saturated carbocycles. The molecule has 0 bridgehead atoms. The third-order valence-corrected chi connectivity index (χ3v) is 3.35. The SMILES string of the molecule is [N-]=[N+]=NCCCCc1ccc(N2CCOCC2)cc1. The number of ether oxygens (including phenoxy) is 1. The van der Waals surface area contributed by atoms with Crippen LogP contribution in [0, 0.1) is 0 Å². The predicted molar refractivity (Wildman–Crippen MR) is 76.4 cm³/mol. The Labute approximate surface area is 113 Å². The number of hydrogen-bond acceptors (Lipinski definition) is 3. The van der Waals surface area contributed by atoms with Crippen LogP contribution < -0.4 is 4.90 Å². The average molecular weight is 260 g/mol. The van der Waals surface area contributed by atoms with Crippen LogP contribution in [0.5, 0.6) is 0 Å². The molecular weight excluding hydrogens is 240 g/mol. The van der Waals surface area contributed by atoms with Crippen molar-refractivity contribution in [1.82, 2.24) is 0 Å². The quantitative estimate of drug-likeness (QED) is 0.341. The second-order valence-corrected chi connectivity index (χ2v) is 4.68. The minimum atomic E-state index is 0.600. The van der Waals surface area contributed by atoms with E-state index in [1.165, 1.54) is 11.3 Å². The second kappa shape index (κ2) is 7.67. The summed E-state index contributed by atoms with van der Waals surface area (Å²) in [6.45, 7) is 4.20. The van der Waals surface area contributed by atoms with Crippen molar-refractivity contribution in [1.29, 1.82) is 0 Å². The largest absolute Gasteiger partial charge is 0.378 e. The van der Waals surface area contributed by atoms with Crippen molar-refractivity contribution in [3.8, 4) is 0 Å². The molecule has 0 unspecified atom stereocenters. The molecule has 0 N–H and O–H groups in total. The van der Waals surface area contributed by atoms with E-state index in [1.807, 2.05) is 0 Å². The predicted octanol–water partition coefficient (Wildman–Crippen LogP) is 3.16. The van der Waals surface area contributed by atoms with Gasteiger partial charge in [0.05, 0.1) is 13.2 Å². The Bertz CT molecular complexity index is 420. The molecule has 0 amide bonds. The average Bonchev–Trinajstić information content (AvgIpc) is 2.49. The molecule has 0 atom stereocenters. The highest BCUT2D eigenvalue weighted by Gasteiger charge is 2.10. The van der Waals surface area contributed by atoms with Crippen LogP contribution in [-0.2, 0) is 11.2 Å². The smallest absolute Gasteiger partial charge is 0.0642 e. The highest BCUT2D eigenvalue weighted by Crippen LogP contribution is 2.17. The standard InChI is InChI=1S/C14H20N4O/c15-17-16-8-2-1-3-13-4-6-14(7-5-13)18-9-11-19-12-10-18/h4-7H,1-3,8-12H2. The van der Waals surface area contributed by atoms with Gasteiger partial charge in [0, 0.05) is 30.2 Å². The minimum Gasteiger partial charge on any atom is -0.378 e. The van der Waals surface area contributed by atoms with Crippen molar-refractivity contribution in [2.75, 3.05) is 37.7 Å². The lowest BCUT2D eigenvalue weighted by atomic mass is 10.1. The van der Waals surface area contributed by atoms with Gasteiger partial charge in [0.25, 0.3) is 0 Å². The Morgan fingerprint density at radius 3 is 2.58 bits per heavy atom. The third kappa shape index (κ3) is 4.47. The Kier molecular flexibility index (Phi) is 5.53. The van der Waals surface area contributed by atoms with Gasteiger partial charge in [-0.1, -0.05) is 17.2 Å². The fourth-order valence-corrected chi connectivity index (χ4v) is 2.25. The van der Waals surface area contributed by atoms with Crippen molar-refractivity contribution in [3.63, 3.8) is 0 Å². The molecule has 1 aromatic carbocycles.